The van der Waals surface area contributed by atoms with Crippen LogP contribution in [0.4, 0.5) is 14.9 Å². The maximum atomic E-state index is 16.5. The Hall–Kier alpha value is -3.57. The topological polar surface area (TPSA) is 120 Å². The molecule has 0 aliphatic carbocycles. The first-order valence-corrected chi connectivity index (χ1v) is 16.4. The molecule has 0 unspecified atom stereocenters. The molecule has 0 fully saturated rings. The highest BCUT2D eigenvalue weighted by atomic mass is 28.3. The zero-order chi connectivity index (χ0) is 28.7. The van der Waals surface area contributed by atoms with Crippen LogP contribution in [0, 0.1) is 5.82 Å². The molecule has 1 aromatic carbocycles. The van der Waals surface area contributed by atoms with Gasteiger partial charge < -0.3 is 19.1 Å². The Labute approximate surface area is 226 Å². The number of amides is 1. The minimum Gasteiger partial charge on any atom is -0.458 e. The second-order valence-corrected chi connectivity index (χ2v) is 17.2. The van der Waals surface area contributed by atoms with Crippen LogP contribution in [0.15, 0.2) is 23.0 Å². The molecule has 1 amide bonds. The number of ether oxygens (including phenoxy) is 2. The van der Waals surface area contributed by atoms with Crippen molar-refractivity contribution in [2.45, 2.75) is 78.1 Å². The zero-order valence-corrected chi connectivity index (χ0v) is 24.1. The van der Waals surface area contributed by atoms with E-state index >= 15 is 4.39 Å². The monoisotopic (exact) mass is 553 g/mol. The fourth-order valence-electron chi connectivity index (χ4n) is 5.25. The van der Waals surface area contributed by atoms with E-state index in [1.54, 1.807) is 39.8 Å². The normalized spacial score (nSPS) is 18.3. The van der Waals surface area contributed by atoms with Gasteiger partial charge in [-0.3, -0.25) is 10.1 Å². The molecule has 0 bridgehead atoms. The van der Waals surface area contributed by atoms with E-state index in [2.05, 4.69) is 25.0 Å². The van der Waals surface area contributed by atoms with Gasteiger partial charge in [-0.15, -0.1) is 0 Å². The summed E-state index contributed by atoms with van der Waals surface area (Å²) < 4.78 is 28.4. The number of benzene rings is 1. The number of esters is 1. The van der Waals surface area contributed by atoms with Gasteiger partial charge in [-0.05, 0) is 44.5 Å². The highest BCUT2D eigenvalue weighted by molar-refractivity contribution is 6.90. The van der Waals surface area contributed by atoms with E-state index in [4.69, 9.17) is 14.5 Å². The SMILES string of the molecule is CC[C@@]1(O)C(=O)OCc2c1cc1n(c2=O)Cc2c-1nc1c([Si](C)(C)C)ccc(NC(=O)OC(C)(C)C)c1c2F. The molecule has 0 saturated carbocycles. The van der Waals surface area contributed by atoms with Crippen molar-refractivity contribution in [2.75, 3.05) is 5.32 Å². The molecule has 4 heterocycles. The standard InChI is InChI=1S/C28H32FN3O6Si/c1-8-28(36)16-11-18-22-14(12-32(18)24(33)15(16)13-37-25(28)34)21(29)20-17(30-26(35)38-27(2,3)4)9-10-19(23(20)31-22)39(5,6)7/h9-11,36H,8,12-13H2,1-7H3,(H,30,35)/t28-/m0/s1. The van der Waals surface area contributed by atoms with E-state index in [-0.39, 0.29) is 53.0 Å². The van der Waals surface area contributed by atoms with E-state index in [1.807, 2.05) is 6.07 Å². The number of aromatic nitrogens is 2. The number of fused-ring (bicyclic) bond motifs is 5. The summed E-state index contributed by atoms with van der Waals surface area (Å²) in [6.45, 7) is 12.8. The largest absolute Gasteiger partial charge is 0.458 e. The van der Waals surface area contributed by atoms with Gasteiger partial charge in [-0.2, -0.15) is 0 Å². The number of carbonyl (C=O) groups excluding carboxylic acids is 2. The van der Waals surface area contributed by atoms with Crippen molar-refractivity contribution in [3.05, 3.63) is 51.1 Å². The summed E-state index contributed by atoms with van der Waals surface area (Å²) in [6.07, 6.45) is -0.715. The van der Waals surface area contributed by atoms with Gasteiger partial charge in [0.1, 0.15) is 18.0 Å². The van der Waals surface area contributed by atoms with Crippen LogP contribution in [0.1, 0.15) is 50.8 Å². The lowest BCUT2D eigenvalue weighted by Gasteiger charge is -2.31. The molecule has 1 atom stereocenters. The van der Waals surface area contributed by atoms with Crippen LogP contribution in [0.3, 0.4) is 0 Å². The summed E-state index contributed by atoms with van der Waals surface area (Å²) in [4.78, 5) is 43.5. The third-order valence-electron chi connectivity index (χ3n) is 7.22. The van der Waals surface area contributed by atoms with Crippen LogP contribution in [0.25, 0.3) is 22.3 Å². The summed E-state index contributed by atoms with van der Waals surface area (Å²) in [5.41, 5.74) is -1.48. The summed E-state index contributed by atoms with van der Waals surface area (Å²) in [5.74, 6) is -1.42. The van der Waals surface area contributed by atoms with Crippen LogP contribution in [-0.4, -0.2) is 40.4 Å². The predicted octanol–water partition coefficient (Wildman–Crippen LogP) is 4.11. The number of carbonyl (C=O) groups is 2. The predicted molar refractivity (Wildman–Crippen MR) is 147 cm³/mol. The van der Waals surface area contributed by atoms with Crippen LogP contribution < -0.4 is 16.1 Å². The lowest BCUT2D eigenvalue weighted by atomic mass is 9.86. The molecular formula is C28H32FN3O6Si. The lowest BCUT2D eigenvalue weighted by molar-refractivity contribution is -0.172. The molecule has 2 N–H and O–H groups in total. The Morgan fingerprint density at radius 3 is 2.56 bits per heavy atom. The zero-order valence-electron chi connectivity index (χ0n) is 23.1. The van der Waals surface area contributed by atoms with Crippen molar-refractivity contribution in [3.8, 4) is 11.4 Å². The first-order chi connectivity index (χ1) is 18.1. The van der Waals surface area contributed by atoms with E-state index < -0.39 is 42.7 Å². The highest BCUT2D eigenvalue weighted by Crippen LogP contribution is 2.41. The molecular weight excluding hydrogens is 521 g/mol. The van der Waals surface area contributed by atoms with E-state index in [0.29, 0.717) is 11.2 Å². The molecule has 3 aromatic rings. The third-order valence-corrected chi connectivity index (χ3v) is 9.24. The molecule has 5 rings (SSSR count). The van der Waals surface area contributed by atoms with E-state index in [1.165, 1.54) is 4.57 Å². The maximum Gasteiger partial charge on any atom is 0.412 e. The van der Waals surface area contributed by atoms with Gasteiger partial charge in [0.25, 0.3) is 5.56 Å². The minimum absolute atomic E-state index is 0.00750. The molecule has 2 aliphatic heterocycles. The second-order valence-electron chi connectivity index (χ2n) is 12.1. The molecule has 0 radical (unpaired) electrons. The molecule has 2 aromatic heterocycles. The fourth-order valence-corrected chi connectivity index (χ4v) is 6.73. The van der Waals surface area contributed by atoms with Crippen LogP contribution in [0.2, 0.25) is 19.6 Å². The lowest BCUT2D eigenvalue weighted by Crippen LogP contribution is -2.44. The quantitative estimate of drug-likeness (QED) is 0.289. The summed E-state index contributed by atoms with van der Waals surface area (Å²) in [7, 11) is -2.06. The van der Waals surface area contributed by atoms with Crippen molar-refractivity contribution >= 4 is 41.9 Å². The fraction of sp³-hybridized carbons (Fsp3) is 0.429. The van der Waals surface area contributed by atoms with Gasteiger partial charge >= 0.3 is 12.1 Å². The molecule has 9 nitrogen and oxygen atoms in total. The average molecular weight is 554 g/mol. The van der Waals surface area contributed by atoms with Crippen molar-refractivity contribution in [2.24, 2.45) is 0 Å². The third kappa shape index (κ3) is 4.24. The van der Waals surface area contributed by atoms with Gasteiger partial charge in [0, 0.05) is 11.1 Å². The van der Waals surface area contributed by atoms with Crippen molar-refractivity contribution < 1.29 is 28.6 Å². The van der Waals surface area contributed by atoms with Crippen LogP contribution >= 0.6 is 0 Å². The number of aliphatic hydroxyl groups is 1. The van der Waals surface area contributed by atoms with Gasteiger partial charge in [0.05, 0.1) is 48.2 Å². The van der Waals surface area contributed by atoms with E-state index in [9.17, 15) is 19.5 Å². The summed E-state index contributed by atoms with van der Waals surface area (Å²) in [5, 5.41) is 14.8. The second kappa shape index (κ2) is 8.72. The minimum atomic E-state index is -2.06. The Morgan fingerprint density at radius 2 is 1.95 bits per heavy atom. The average Bonchev–Trinajstić information content (AvgIpc) is 3.19. The number of anilines is 1. The van der Waals surface area contributed by atoms with Crippen molar-refractivity contribution in [3.63, 3.8) is 0 Å². The molecule has 206 valence electrons. The molecule has 0 spiro atoms. The maximum absolute atomic E-state index is 16.5. The van der Waals surface area contributed by atoms with Crippen LogP contribution in [0.5, 0.6) is 0 Å². The first-order valence-electron chi connectivity index (χ1n) is 12.9. The van der Waals surface area contributed by atoms with Gasteiger partial charge in [-0.1, -0.05) is 32.6 Å². The van der Waals surface area contributed by atoms with E-state index in [0.717, 1.165) is 5.19 Å². The number of nitrogens with zero attached hydrogens (tertiary/aromatic N) is 2. The van der Waals surface area contributed by atoms with Gasteiger partial charge in [0.15, 0.2) is 5.60 Å². The summed E-state index contributed by atoms with van der Waals surface area (Å²) >= 11 is 0. The molecule has 39 heavy (non-hydrogen) atoms. The van der Waals surface area contributed by atoms with Gasteiger partial charge in [0.2, 0.25) is 0 Å². The van der Waals surface area contributed by atoms with Gasteiger partial charge in [-0.25, -0.2) is 19.0 Å². The number of hydrogen-bond acceptors (Lipinski definition) is 7. The Morgan fingerprint density at radius 1 is 1.26 bits per heavy atom. The number of cyclic esters (lactones) is 1. The molecule has 2 aliphatic rings. The Bertz CT molecular complexity index is 1640. The Kier molecular flexibility index (Phi) is 6.04. The summed E-state index contributed by atoms with van der Waals surface area (Å²) in [6, 6.07) is 5.07. The number of rotatable bonds is 3. The molecule has 11 heteroatoms. The smallest absolute Gasteiger partial charge is 0.412 e. The van der Waals surface area contributed by atoms with Crippen LogP contribution in [-0.2, 0) is 33.0 Å². The number of hydrogen-bond donors (Lipinski definition) is 2. The molecule has 0 saturated heterocycles. The van der Waals surface area contributed by atoms with Crippen molar-refractivity contribution in [1.29, 1.82) is 0 Å². The number of nitrogens with one attached hydrogen (secondary N) is 1. The first kappa shape index (κ1) is 27.0. The van der Waals surface area contributed by atoms with Crippen molar-refractivity contribution in [1.82, 2.24) is 9.55 Å². The Balaban J connectivity index is 1.77. The number of halogens is 1. The number of pyridine rings is 2. The highest BCUT2D eigenvalue weighted by Gasteiger charge is 2.45.